The van der Waals surface area contributed by atoms with Crippen molar-refractivity contribution in [2.45, 2.75) is 66.1 Å². The van der Waals surface area contributed by atoms with Crippen molar-refractivity contribution in [1.82, 2.24) is 10.2 Å². The van der Waals surface area contributed by atoms with Gasteiger partial charge in [-0.1, -0.05) is 32.0 Å². The summed E-state index contributed by atoms with van der Waals surface area (Å²) in [7, 11) is 1.61. The molecule has 0 saturated carbocycles. The van der Waals surface area contributed by atoms with E-state index in [1.807, 2.05) is 71.0 Å². The van der Waals surface area contributed by atoms with E-state index in [0.29, 0.717) is 18.7 Å². The molecule has 2 aromatic rings. The lowest BCUT2D eigenvalue weighted by molar-refractivity contribution is -0.143. The van der Waals surface area contributed by atoms with Crippen LogP contribution in [0.5, 0.6) is 11.5 Å². The largest absolute Gasteiger partial charge is 0.497 e. The van der Waals surface area contributed by atoms with Gasteiger partial charge >= 0.3 is 0 Å². The number of nitrogens with one attached hydrogen (secondary N) is 1. The Labute approximate surface area is 191 Å². The smallest absolute Gasteiger partial charge is 0.261 e. The normalized spacial score (nSPS) is 12.6. The number of nitrogens with zero attached hydrogens (tertiary/aromatic N) is 1. The Balaban J connectivity index is 2.23. The summed E-state index contributed by atoms with van der Waals surface area (Å²) in [6.07, 6.45) is 1.33. The first-order chi connectivity index (χ1) is 15.3. The summed E-state index contributed by atoms with van der Waals surface area (Å²) < 4.78 is 11.0. The van der Waals surface area contributed by atoms with E-state index in [4.69, 9.17) is 9.47 Å². The highest BCUT2D eigenvalue weighted by molar-refractivity contribution is 5.88. The number of benzene rings is 2. The molecule has 32 heavy (non-hydrogen) atoms. The highest BCUT2D eigenvalue weighted by Gasteiger charge is 2.29. The van der Waals surface area contributed by atoms with Gasteiger partial charge in [-0.05, 0) is 74.6 Å². The summed E-state index contributed by atoms with van der Waals surface area (Å²) in [6.45, 7) is 10.1. The number of methoxy groups -OCH3 is 1. The molecule has 2 amide bonds. The summed E-state index contributed by atoms with van der Waals surface area (Å²) in [4.78, 5) is 27.9. The number of carbonyl (C=O) groups excluding carboxylic acids is 2. The van der Waals surface area contributed by atoms with Crippen molar-refractivity contribution in [2.24, 2.45) is 0 Å². The molecule has 0 aliphatic heterocycles. The predicted octanol–water partition coefficient (Wildman–Crippen LogP) is 4.41. The van der Waals surface area contributed by atoms with Crippen LogP contribution in [-0.4, -0.2) is 42.5 Å². The molecule has 0 saturated heterocycles. The standard InChI is InChI=1S/C26H36N2O4/c1-7-20(5)27-26(30)24(8-2)28(16-21-9-11-22(31-6)12-10-21)25(29)17-32-23-14-18(3)13-19(4)15-23/h9-15,20,24H,7-8,16-17H2,1-6H3,(H,27,30)/t20-,24-/m0/s1. The highest BCUT2D eigenvalue weighted by atomic mass is 16.5. The fourth-order valence-corrected chi connectivity index (χ4v) is 3.53. The summed E-state index contributed by atoms with van der Waals surface area (Å²) >= 11 is 0. The third-order valence-corrected chi connectivity index (χ3v) is 5.46. The molecule has 0 aliphatic carbocycles. The monoisotopic (exact) mass is 440 g/mol. The van der Waals surface area contributed by atoms with Gasteiger partial charge in [-0.15, -0.1) is 0 Å². The minimum atomic E-state index is -0.582. The van der Waals surface area contributed by atoms with Crippen LogP contribution in [0.1, 0.15) is 50.3 Å². The van der Waals surface area contributed by atoms with Gasteiger partial charge in [-0.2, -0.15) is 0 Å². The minimum absolute atomic E-state index is 0.0426. The second-order valence-electron chi connectivity index (χ2n) is 8.22. The van der Waals surface area contributed by atoms with Crippen molar-refractivity contribution in [3.05, 3.63) is 59.2 Å². The van der Waals surface area contributed by atoms with Gasteiger partial charge in [0, 0.05) is 12.6 Å². The molecular formula is C26H36N2O4. The van der Waals surface area contributed by atoms with E-state index < -0.39 is 6.04 Å². The number of amides is 2. The van der Waals surface area contributed by atoms with E-state index in [1.165, 1.54) is 0 Å². The van der Waals surface area contributed by atoms with Crippen LogP contribution in [0.25, 0.3) is 0 Å². The van der Waals surface area contributed by atoms with Crippen LogP contribution in [-0.2, 0) is 16.1 Å². The van der Waals surface area contributed by atoms with Crippen LogP contribution >= 0.6 is 0 Å². The van der Waals surface area contributed by atoms with Crippen LogP contribution in [0.4, 0.5) is 0 Å². The quantitative estimate of drug-likeness (QED) is 0.562. The average Bonchev–Trinajstić information content (AvgIpc) is 2.77. The van der Waals surface area contributed by atoms with Gasteiger partial charge in [0.15, 0.2) is 6.61 Å². The summed E-state index contributed by atoms with van der Waals surface area (Å²) in [5, 5.41) is 3.02. The van der Waals surface area contributed by atoms with Gasteiger partial charge in [-0.3, -0.25) is 9.59 Å². The van der Waals surface area contributed by atoms with E-state index in [1.54, 1.807) is 12.0 Å². The Morgan fingerprint density at radius 1 is 0.969 bits per heavy atom. The molecule has 0 fully saturated rings. The summed E-state index contributed by atoms with van der Waals surface area (Å²) in [5.41, 5.74) is 3.06. The van der Waals surface area contributed by atoms with Crippen LogP contribution in [0.2, 0.25) is 0 Å². The number of rotatable bonds is 11. The Morgan fingerprint density at radius 2 is 1.59 bits per heavy atom. The first kappa shape index (κ1) is 25.2. The Morgan fingerprint density at radius 3 is 2.12 bits per heavy atom. The molecule has 0 heterocycles. The molecule has 0 radical (unpaired) electrons. The zero-order chi connectivity index (χ0) is 23.7. The number of carbonyl (C=O) groups is 2. The first-order valence-electron chi connectivity index (χ1n) is 11.2. The predicted molar refractivity (Wildman–Crippen MR) is 127 cm³/mol. The zero-order valence-corrected chi connectivity index (χ0v) is 20.1. The first-order valence-corrected chi connectivity index (χ1v) is 11.2. The number of ether oxygens (including phenoxy) is 2. The minimum Gasteiger partial charge on any atom is -0.497 e. The maximum absolute atomic E-state index is 13.3. The van der Waals surface area contributed by atoms with Crippen molar-refractivity contribution >= 4 is 11.8 Å². The van der Waals surface area contributed by atoms with Crippen molar-refractivity contribution < 1.29 is 19.1 Å². The topological polar surface area (TPSA) is 67.9 Å². The van der Waals surface area contributed by atoms with Crippen LogP contribution in [0, 0.1) is 13.8 Å². The highest BCUT2D eigenvalue weighted by Crippen LogP contribution is 2.19. The molecule has 6 nitrogen and oxygen atoms in total. The van der Waals surface area contributed by atoms with Crippen molar-refractivity contribution in [3.63, 3.8) is 0 Å². The molecular weight excluding hydrogens is 404 g/mol. The van der Waals surface area contributed by atoms with E-state index in [-0.39, 0.29) is 24.5 Å². The molecule has 0 unspecified atom stereocenters. The fraction of sp³-hybridized carbons (Fsp3) is 0.462. The summed E-state index contributed by atoms with van der Waals surface area (Å²) in [6, 6.07) is 12.8. The van der Waals surface area contributed by atoms with Crippen molar-refractivity contribution in [3.8, 4) is 11.5 Å². The van der Waals surface area contributed by atoms with E-state index in [2.05, 4.69) is 11.4 Å². The van der Waals surface area contributed by atoms with E-state index >= 15 is 0 Å². The molecule has 0 aliphatic rings. The number of hydrogen-bond acceptors (Lipinski definition) is 4. The molecule has 6 heteroatoms. The third-order valence-electron chi connectivity index (χ3n) is 5.46. The average molecular weight is 441 g/mol. The van der Waals surface area contributed by atoms with Crippen LogP contribution in [0.3, 0.4) is 0 Å². The molecule has 0 aromatic heterocycles. The lowest BCUT2D eigenvalue weighted by Gasteiger charge is -2.31. The maximum atomic E-state index is 13.3. The molecule has 2 rings (SSSR count). The van der Waals surface area contributed by atoms with Gasteiger partial charge in [0.2, 0.25) is 5.91 Å². The van der Waals surface area contributed by atoms with Gasteiger partial charge < -0.3 is 19.7 Å². The number of aryl methyl sites for hydroxylation is 2. The van der Waals surface area contributed by atoms with E-state index in [0.717, 1.165) is 28.9 Å². The van der Waals surface area contributed by atoms with Crippen LogP contribution < -0.4 is 14.8 Å². The SMILES string of the molecule is CC[C@H](C)NC(=O)[C@H](CC)N(Cc1ccc(OC)cc1)C(=O)COc1cc(C)cc(C)c1. The van der Waals surface area contributed by atoms with Crippen molar-refractivity contribution in [1.29, 1.82) is 0 Å². The summed E-state index contributed by atoms with van der Waals surface area (Å²) in [5.74, 6) is 1.02. The number of hydrogen-bond donors (Lipinski definition) is 1. The second kappa shape index (κ2) is 12.1. The van der Waals surface area contributed by atoms with Crippen molar-refractivity contribution in [2.75, 3.05) is 13.7 Å². The molecule has 0 bridgehead atoms. The molecule has 2 aromatic carbocycles. The van der Waals surface area contributed by atoms with E-state index in [9.17, 15) is 9.59 Å². The Bertz CT molecular complexity index is 875. The van der Waals surface area contributed by atoms with Gasteiger partial charge in [0.05, 0.1) is 7.11 Å². The third kappa shape index (κ3) is 7.29. The van der Waals surface area contributed by atoms with Gasteiger partial charge in [0.25, 0.3) is 5.91 Å². The lowest BCUT2D eigenvalue weighted by Crippen LogP contribution is -2.51. The Kier molecular flexibility index (Phi) is 9.57. The maximum Gasteiger partial charge on any atom is 0.261 e. The molecule has 1 N–H and O–H groups in total. The van der Waals surface area contributed by atoms with Crippen LogP contribution in [0.15, 0.2) is 42.5 Å². The Hall–Kier alpha value is -3.02. The molecule has 174 valence electrons. The van der Waals surface area contributed by atoms with Gasteiger partial charge in [-0.25, -0.2) is 0 Å². The second-order valence-corrected chi connectivity index (χ2v) is 8.22. The molecule has 0 spiro atoms. The molecule has 2 atom stereocenters. The lowest BCUT2D eigenvalue weighted by atomic mass is 10.1. The zero-order valence-electron chi connectivity index (χ0n) is 20.1. The van der Waals surface area contributed by atoms with Gasteiger partial charge in [0.1, 0.15) is 17.5 Å². The fourth-order valence-electron chi connectivity index (χ4n) is 3.53.